The van der Waals surface area contributed by atoms with Crippen LogP contribution in [0.2, 0.25) is 0 Å². The number of hydrogen-bond acceptors (Lipinski definition) is 3. The normalized spacial score (nSPS) is 12.6. The molecule has 0 aromatic heterocycles. The van der Waals surface area contributed by atoms with Crippen LogP contribution in [0, 0.1) is 23.6 Å². The summed E-state index contributed by atoms with van der Waals surface area (Å²) in [4.78, 5) is -0.205. The maximum Gasteiger partial charge on any atom is 0.242 e. The second kappa shape index (κ2) is 6.54. The molecule has 0 spiro atoms. The first-order valence-electron chi connectivity index (χ1n) is 6.70. The fourth-order valence-corrected chi connectivity index (χ4v) is 3.48. The molecule has 0 bridgehead atoms. The average Bonchev–Trinajstić information content (AvgIpc) is 2.31. The minimum Gasteiger partial charge on any atom is -0.398 e. The topological polar surface area (TPSA) is 72.2 Å². The number of benzene rings is 1. The van der Waals surface area contributed by atoms with E-state index in [0.29, 0.717) is 18.4 Å². The third-order valence-electron chi connectivity index (χ3n) is 3.49. The van der Waals surface area contributed by atoms with Crippen molar-refractivity contribution in [1.82, 2.24) is 4.72 Å². The summed E-state index contributed by atoms with van der Waals surface area (Å²) >= 11 is 0. The molecule has 0 fully saturated rings. The Labute approximate surface area is 120 Å². The molecule has 0 saturated carbocycles. The van der Waals surface area contributed by atoms with Gasteiger partial charge in [0.2, 0.25) is 10.0 Å². The Bertz CT molecular complexity index is 548. The molecule has 0 unspecified atom stereocenters. The molecule has 3 N–H and O–H groups in total. The van der Waals surface area contributed by atoms with E-state index in [1.807, 2.05) is 0 Å². The van der Waals surface area contributed by atoms with Gasteiger partial charge in [-0.2, -0.15) is 0 Å². The van der Waals surface area contributed by atoms with E-state index >= 15 is 0 Å². The number of nitrogen functional groups attached to an aromatic ring is 1. The Morgan fingerprint density at radius 2 is 1.75 bits per heavy atom. The quantitative estimate of drug-likeness (QED) is 0.793. The minimum absolute atomic E-state index is 0.0459. The van der Waals surface area contributed by atoms with Crippen LogP contribution in [0.5, 0.6) is 0 Å². The third-order valence-corrected chi connectivity index (χ3v) is 4.97. The van der Waals surface area contributed by atoms with Crippen molar-refractivity contribution in [3.05, 3.63) is 24.0 Å². The number of sulfonamides is 1. The van der Waals surface area contributed by atoms with Gasteiger partial charge < -0.3 is 5.73 Å². The molecule has 114 valence electrons. The minimum atomic E-state index is -3.79. The molecular formula is C14H23FN2O2S. The van der Waals surface area contributed by atoms with Crippen molar-refractivity contribution in [2.24, 2.45) is 17.8 Å². The van der Waals surface area contributed by atoms with Crippen molar-refractivity contribution in [2.45, 2.75) is 32.6 Å². The highest BCUT2D eigenvalue weighted by Crippen LogP contribution is 2.22. The molecule has 0 aliphatic heterocycles. The first kappa shape index (κ1) is 16.9. The molecule has 6 heteroatoms. The van der Waals surface area contributed by atoms with E-state index in [4.69, 9.17) is 5.73 Å². The zero-order valence-corrected chi connectivity index (χ0v) is 13.2. The predicted molar refractivity (Wildman–Crippen MR) is 79.2 cm³/mol. The second-order valence-electron chi connectivity index (χ2n) is 5.69. The molecular weight excluding hydrogens is 279 g/mol. The van der Waals surface area contributed by atoms with Gasteiger partial charge in [-0.25, -0.2) is 17.5 Å². The summed E-state index contributed by atoms with van der Waals surface area (Å²) in [7, 11) is -3.79. The van der Waals surface area contributed by atoms with Gasteiger partial charge in [0.25, 0.3) is 0 Å². The first-order chi connectivity index (χ1) is 9.15. The Morgan fingerprint density at radius 3 is 2.25 bits per heavy atom. The molecule has 20 heavy (non-hydrogen) atoms. The van der Waals surface area contributed by atoms with Crippen molar-refractivity contribution in [2.75, 3.05) is 12.3 Å². The van der Waals surface area contributed by atoms with Crippen LogP contribution in [-0.2, 0) is 10.0 Å². The molecule has 0 amide bonds. The van der Waals surface area contributed by atoms with E-state index < -0.39 is 15.8 Å². The molecule has 0 heterocycles. The van der Waals surface area contributed by atoms with E-state index in [1.165, 1.54) is 6.07 Å². The Balaban J connectivity index is 2.93. The van der Waals surface area contributed by atoms with E-state index in [9.17, 15) is 12.8 Å². The van der Waals surface area contributed by atoms with Gasteiger partial charge in [0, 0.05) is 6.54 Å². The third kappa shape index (κ3) is 4.18. The smallest absolute Gasteiger partial charge is 0.242 e. The van der Waals surface area contributed by atoms with Crippen LogP contribution in [0.25, 0.3) is 0 Å². The van der Waals surface area contributed by atoms with Crippen molar-refractivity contribution < 1.29 is 12.8 Å². The zero-order chi connectivity index (χ0) is 15.5. The highest BCUT2D eigenvalue weighted by atomic mass is 32.2. The standard InChI is InChI=1S/C14H23FN2O2S/c1-9(2)12(10(3)4)8-17-20(18,19)14-7-11(15)5-6-13(14)16/h5-7,9-10,12,17H,8,16H2,1-4H3. The van der Waals surface area contributed by atoms with Crippen LogP contribution in [0.1, 0.15) is 27.7 Å². The lowest BCUT2D eigenvalue weighted by atomic mass is 9.86. The SMILES string of the molecule is CC(C)C(CNS(=O)(=O)c1cc(F)ccc1N)C(C)C. The first-order valence-corrected chi connectivity index (χ1v) is 8.18. The maximum atomic E-state index is 13.2. The lowest BCUT2D eigenvalue weighted by Crippen LogP contribution is -2.34. The summed E-state index contributed by atoms with van der Waals surface area (Å²) in [6.07, 6.45) is 0. The van der Waals surface area contributed by atoms with Gasteiger partial charge in [-0.3, -0.25) is 0 Å². The molecule has 1 rings (SSSR count). The Hall–Kier alpha value is -1.14. The summed E-state index contributed by atoms with van der Waals surface area (Å²) < 4.78 is 40.1. The van der Waals surface area contributed by atoms with E-state index in [1.54, 1.807) is 0 Å². The lowest BCUT2D eigenvalue weighted by molar-refractivity contribution is 0.289. The molecule has 1 aromatic rings. The Kier molecular flexibility index (Phi) is 5.53. The number of nitrogens with two attached hydrogens (primary N) is 1. The van der Waals surface area contributed by atoms with Crippen LogP contribution in [0.3, 0.4) is 0 Å². The van der Waals surface area contributed by atoms with E-state index in [2.05, 4.69) is 32.4 Å². The second-order valence-corrected chi connectivity index (χ2v) is 7.42. The van der Waals surface area contributed by atoms with Crippen molar-refractivity contribution in [3.8, 4) is 0 Å². The fraction of sp³-hybridized carbons (Fsp3) is 0.571. The van der Waals surface area contributed by atoms with E-state index in [0.717, 1.165) is 12.1 Å². The number of hydrogen-bond donors (Lipinski definition) is 2. The monoisotopic (exact) mass is 302 g/mol. The number of anilines is 1. The van der Waals surface area contributed by atoms with Crippen LogP contribution in [0.4, 0.5) is 10.1 Å². The molecule has 0 aliphatic carbocycles. The van der Waals surface area contributed by atoms with Crippen molar-refractivity contribution in [1.29, 1.82) is 0 Å². The molecule has 0 aliphatic rings. The molecule has 1 aromatic carbocycles. The predicted octanol–water partition coefficient (Wildman–Crippen LogP) is 2.61. The maximum absolute atomic E-state index is 13.2. The summed E-state index contributed by atoms with van der Waals surface area (Å²) in [5.74, 6) is 0.286. The summed E-state index contributed by atoms with van der Waals surface area (Å²) in [6.45, 7) is 8.52. The van der Waals surface area contributed by atoms with Gasteiger partial charge in [-0.15, -0.1) is 0 Å². The summed E-state index contributed by atoms with van der Waals surface area (Å²) in [5, 5.41) is 0. The summed E-state index contributed by atoms with van der Waals surface area (Å²) in [6, 6.07) is 3.34. The van der Waals surface area contributed by atoms with Gasteiger partial charge in [0.1, 0.15) is 10.7 Å². The molecule has 4 nitrogen and oxygen atoms in total. The van der Waals surface area contributed by atoms with Gasteiger partial charge in [-0.05, 0) is 36.0 Å². The highest BCUT2D eigenvalue weighted by Gasteiger charge is 2.23. The molecule has 0 radical (unpaired) electrons. The van der Waals surface area contributed by atoms with Gasteiger partial charge in [-0.1, -0.05) is 27.7 Å². The number of halogens is 1. The van der Waals surface area contributed by atoms with Crippen LogP contribution >= 0.6 is 0 Å². The number of rotatable bonds is 6. The van der Waals surface area contributed by atoms with Crippen molar-refractivity contribution >= 4 is 15.7 Å². The van der Waals surface area contributed by atoms with Crippen LogP contribution in [-0.4, -0.2) is 15.0 Å². The fourth-order valence-electron chi connectivity index (χ4n) is 2.27. The largest absolute Gasteiger partial charge is 0.398 e. The molecule has 0 atom stereocenters. The van der Waals surface area contributed by atoms with Gasteiger partial charge in [0.15, 0.2) is 0 Å². The Morgan fingerprint density at radius 1 is 1.20 bits per heavy atom. The van der Waals surface area contributed by atoms with Crippen LogP contribution < -0.4 is 10.5 Å². The summed E-state index contributed by atoms with van der Waals surface area (Å²) in [5.41, 5.74) is 5.66. The van der Waals surface area contributed by atoms with Crippen molar-refractivity contribution in [3.63, 3.8) is 0 Å². The highest BCUT2D eigenvalue weighted by molar-refractivity contribution is 7.89. The van der Waals surface area contributed by atoms with Gasteiger partial charge >= 0.3 is 0 Å². The van der Waals surface area contributed by atoms with Crippen LogP contribution in [0.15, 0.2) is 23.1 Å². The van der Waals surface area contributed by atoms with E-state index in [-0.39, 0.29) is 16.5 Å². The molecule has 0 saturated heterocycles. The van der Waals surface area contributed by atoms with Gasteiger partial charge in [0.05, 0.1) is 5.69 Å². The lowest BCUT2D eigenvalue weighted by Gasteiger charge is -2.25. The zero-order valence-electron chi connectivity index (χ0n) is 12.4. The number of nitrogens with one attached hydrogen (secondary N) is 1. The average molecular weight is 302 g/mol.